The van der Waals surface area contributed by atoms with Gasteiger partial charge in [0.2, 0.25) is 5.91 Å². The topological polar surface area (TPSA) is 74.1 Å². The molecule has 5 heteroatoms. The molecule has 0 atom stereocenters. The van der Waals surface area contributed by atoms with E-state index in [1.807, 2.05) is 42.5 Å². The molecule has 2 aromatic rings. The lowest BCUT2D eigenvalue weighted by atomic mass is 10.0. The quantitative estimate of drug-likeness (QED) is 0.514. The van der Waals surface area contributed by atoms with Gasteiger partial charge in [0.15, 0.2) is 0 Å². The van der Waals surface area contributed by atoms with E-state index >= 15 is 0 Å². The lowest BCUT2D eigenvalue weighted by Crippen LogP contribution is -2.22. The van der Waals surface area contributed by atoms with Crippen LogP contribution in [0.4, 0.5) is 0 Å². The Kier molecular flexibility index (Phi) is 4.66. The molecule has 0 heterocycles. The molecule has 5 nitrogen and oxygen atoms in total. The van der Waals surface area contributed by atoms with Crippen LogP contribution in [0.5, 0.6) is 0 Å². The molecule has 0 unspecified atom stereocenters. The summed E-state index contributed by atoms with van der Waals surface area (Å²) >= 11 is 0. The van der Waals surface area contributed by atoms with E-state index in [1.54, 1.807) is 13.8 Å². The Morgan fingerprint density at radius 2 is 1.81 bits per heavy atom. The summed E-state index contributed by atoms with van der Waals surface area (Å²) in [4.78, 5) is 12.0. The zero-order chi connectivity index (χ0) is 15.2. The molecular formula is C16H17N3O2. The summed E-state index contributed by atoms with van der Waals surface area (Å²) in [5.41, 5.74) is 4.24. The molecule has 2 rings (SSSR count). The second-order valence-corrected chi connectivity index (χ2v) is 4.73. The minimum absolute atomic E-state index is 0.212. The van der Waals surface area contributed by atoms with Gasteiger partial charge in [-0.3, -0.25) is 4.79 Å². The predicted molar refractivity (Wildman–Crippen MR) is 83.8 cm³/mol. The van der Waals surface area contributed by atoms with Gasteiger partial charge in [-0.15, -0.1) is 0 Å². The van der Waals surface area contributed by atoms with Crippen LogP contribution in [0.3, 0.4) is 0 Å². The van der Waals surface area contributed by atoms with Crippen molar-refractivity contribution >= 4 is 28.1 Å². The van der Waals surface area contributed by atoms with Gasteiger partial charge in [0, 0.05) is 0 Å². The molecule has 108 valence electrons. The van der Waals surface area contributed by atoms with E-state index in [9.17, 15) is 4.79 Å². The number of carbonyl (C=O) groups is 1. The minimum atomic E-state index is -0.212. The van der Waals surface area contributed by atoms with Crippen molar-refractivity contribution < 1.29 is 10.0 Å². The van der Waals surface area contributed by atoms with E-state index in [2.05, 4.69) is 15.7 Å². The maximum absolute atomic E-state index is 12.0. The molecule has 0 radical (unpaired) electrons. The number of benzene rings is 2. The molecule has 1 amide bonds. The molecule has 0 fully saturated rings. The van der Waals surface area contributed by atoms with Crippen molar-refractivity contribution in [2.75, 3.05) is 0 Å². The Hall–Kier alpha value is -2.69. The van der Waals surface area contributed by atoms with Crippen LogP contribution < -0.4 is 5.43 Å². The van der Waals surface area contributed by atoms with Gasteiger partial charge in [0.25, 0.3) is 0 Å². The number of hydrogen-bond acceptors (Lipinski definition) is 4. The summed E-state index contributed by atoms with van der Waals surface area (Å²) < 4.78 is 0. The van der Waals surface area contributed by atoms with Gasteiger partial charge in [-0.1, -0.05) is 47.6 Å². The van der Waals surface area contributed by atoms with Crippen molar-refractivity contribution in [2.45, 2.75) is 20.3 Å². The van der Waals surface area contributed by atoms with Gasteiger partial charge in [0.1, 0.15) is 0 Å². The third-order valence-electron chi connectivity index (χ3n) is 3.25. The molecule has 0 aromatic heterocycles. The zero-order valence-electron chi connectivity index (χ0n) is 12.0. The van der Waals surface area contributed by atoms with Gasteiger partial charge in [-0.25, -0.2) is 5.43 Å². The van der Waals surface area contributed by atoms with Gasteiger partial charge in [-0.2, -0.15) is 5.10 Å². The predicted octanol–water partition coefficient (Wildman–Crippen LogP) is 2.72. The van der Waals surface area contributed by atoms with Crippen LogP contribution in [0.15, 0.2) is 52.7 Å². The summed E-state index contributed by atoms with van der Waals surface area (Å²) in [5, 5.41) is 17.7. The van der Waals surface area contributed by atoms with Crippen molar-refractivity contribution in [2.24, 2.45) is 10.3 Å². The fourth-order valence-electron chi connectivity index (χ4n) is 1.96. The van der Waals surface area contributed by atoms with Crippen molar-refractivity contribution in [3.05, 3.63) is 48.0 Å². The molecular weight excluding hydrogens is 266 g/mol. The normalized spacial score (nSPS) is 12.5. The second kappa shape index (κ2) is 6.65. The molecule has 0 aliphatic heterocycles. The molecule has 0 saturated carbocycles. The smallest absolute Gasteiger partial charge is 0.244 e. The first kappa shape index (κ1) is 14.7. The lowest BCUT2D eigenvalue weighted by molar-refractivity contribution is -0.120. The van der Waals surface area contributed by atoms with E-state index in [1.165, 1.54) is 0 Å². The number of hydrazone groups is 1. The number of oxime groups is 1. The van der Waals surface area contributed by atoms with Crippen LogP contribution in [0, 0.1) is 0 Å². The molecule has 2 N–H and O–H groups in total. The highest BCUT2D eigenvalue weighted by Crippen LogP contribution is 2.18. The van der Waals surface area contributed by atoms with Gasteiger partial charge in [-0.05, 0) is 30.2 Å². The van der Waals surface area contributed by atoms with Crippen LogP contribution in [0.2, 0.25) is 0 Å². The first-order chi connectivity index (χ1) is 10.1. The third kappa shape index (κ3) is 3.66. The van der Waals surface area contributed by atoms with Crippen LogP contribution in [-0.4, -0.2) is 22.5 Å². The summed E-state index contributed by atoms with van der Waals surface area (Å²) in [7, 11) is 0. The summed E-state index contributed by atoms with van der Waals surface area (Å²) in [5.74, 6) is -0.212. The number of nitrogens with zero attached hydrogens (tertiary/aromatic N) is 2. The number of carbonyl (C=O) groups excluding carboxylic acids is 1. The van der Waals surface area contributed by atoms with E-state index in [4.69, 9.17) is 5.21 Å². The number of hydrogen-bond donors (Lipinski definition) is 2. The third-order valence-corrected chi connectivity index (χ3v) is 3.25. The van der Waals surface area contributed by atoms with E-state index in [0.717, 1.165) is 16.3 Å². The Bertz CT molecular complexity index is 715. The lowest BCUT2D eigenvalue weighted by Gasteiger charge is -2.06. The molecule has 0 saturated heterocycles. The highest BCUT2D eigenvalue weighted by Gasteiger charge is 2.06. The SMILES string of the molecule is CC(=N\O)/C(C)=N/NC(=O)Cc1cccc2ccccc12. The Balaban J connectivity index is 2.12. The molecule has 0 bridgehead atoms. The van der Waals surface area contributed by atoms with Crippen molar-refractivity contribution in [3.63, 3.8) is 0 Å². The van der Waals surface area contributed by atoms with Gasteiger partial charge < -0.3 is 5.21 Å². The summed E-state index contributed by atoms with van der Waals surface area (Å²) in [6.07, 6.45) is 0.244. The van der Waals surface area contributed by atoms with E-state index in [-0.39, 0.29) is 12.3 Å². The fraction of sp³-hybridized carbons (Fsp3) is 0.188. The average Bonchev–Trinajstić information content (AvgIpc) is 2.52. The molecule has 0 aliphatic rings. The van der Waals surface area contributed by atoms with Crippen LogP contribution >= 0.6 is 0 Å². The molecule has 21 heavy (non-hydrogen) atoms. The van der Waals surface area contributed by atoms with Gasteiger partial charge >= 0.3 is 0 Å². The maximum atomic E-state index is 12.0. The van der Waals surface area contributed by atoms with Crippen molar-refractivity contribution in [1.29, 1.82) is 0 Å². The van der Waals surface area contributed by atoms with Crippen LogP contribution in [0.1, 0.15) is 19.4 Å². The molecule has 2 aromatic carbocycles. The Morgan fingerprint density at radius 3 is 2.57 bits per heavy atom. The van der Waals surface area contributed by atoms with Crippen LogP contribution in [0.25, 0.3) is 10.8 Å². The number of rotatable bonds is 4. The zero-order valence-corrected chi connectivity index (χ0v) is 12.0. The Labute approximate surface area is 123 Å². The molecule has 0 aliphatic carbocycles. The van der Waals surface area contributed by atoms with Crippen molar-refractivity contribution in [1.82, 2.24) is 5.43 Å². The first-order valence-corrected chi connectivity index (χ1v) is 6.60. The van der Waals surface area contributed by atoms with E-state index in [0.29, 0.717) is 11.4 Å². The highest BCUT2D eigenvalue weighted by atomic mass is 16.4. The average molecular weight is 283 g/mol. The van der Waals surface area contributed by atoms with E-state index < -0.39 is 0 Å². The largest absolute Gasteiger partial charge is 0.411 e. The standard InChI is InChI=1S/C16H17N3O2/c1-11(12(2)19-21)17-18-16(20)10-14-8-5-7-13-6-3-4-9-15(13)14/h3-9,21H,10H2,1-2H3,(H,18,20)/b17-11+,19-12+. The summed E-state index contributed by atoms with van der Waals surface area (Å²) in [6, 6.07) is 13.8. The first-order valence-electron chi connectivity index (χ1n) is 6.60. The monoisotopic (exact) mass is 283 g/mol. The number of nitrogens with one attached hydrogen (secondary N) is 1. The molecule has 0 spiro atoms. The maximum Gasteiger partial charge on any atom is 0.244 e. The fourth-order valence-corrected chi connectivity index (χ4v) is 1.96. The van der Waals surface area contributed by atoms with Crippen molar-refractivity contribution in [3.8, 4) is 0 Å². The van der Waals surface area contributed by atoms with Gasteiger partial charge in [0.05, 0.1) is 17.8 Å². The number of fused-ring (bicyclic) bond motifs is 1. The summed E-state index contributed by atoms with van der Waals surface area (Å²) in [6.45, 7) is 3.27. The van der Waals surface area contributed by atoms with Crippen LogP contribution in [-0.2, 0) is 11.2 Å². The second-order valence-electron chi connectivity index (χ2n) is 4.73. The minimum Gasteiger partial charge on any atom is -0.411 e. The number of amides is 1. The Morgan fingerprint density at radius 1 is 1.10 bits per heavy atom. The highest BCUT2D eigenvalue weighted by molar-refractivity contribution is 6.40.